The van der Waals surface area contributed by atoms with Crippen molar-refractivity contribution in [1.82, 2.24) is 0 Å². The molecule has 0 spiro atoms. The van der Waals surface area contributed by atoms with Gasteiger partial charge in [0.1, 0.15) is 5.83 Å². The Morgan fingerprint density at radius 2 is 1.58 bits per heavy atom. The number of anilines is 1. The zero-order valence-corrected chi connectivity index (χ0v) is 17.8. The number of hydrogen-bond acceptors (Lipinski definition) is 2. The zero-order valence-electron chi connectivity index (χ0n) is 17.0. The predicted octanol–water partition coefficient (Wildman–Crippen LogP) is 6.74. The summed E-state index contributed by atoms with van der Waals surface area (Å²) in [5.41, 5.74) is 6.36. The summed E-state index contributed by atoms with van der Waals surface area (Å²) >= 11 is 1.56. The second kappa shape index (κ2) is 8.56. The molecule has 5 rings (SSSR count). The van der Waals surface area contributed by atoms with E-state index >= 15 is 0 Å². The van der Waals surface area contributed by atoms with Gasteiger partial charge >= 0.3 is 0 Å². The number of thioether (sulfide) groups is 1. The lowest BCUT2D eigenvalue weighted by Crippen LogP contribution is -2.21. The van der Waals surface area contributed by atoms with Crippen LogP contribution in [0.25, 0.3) is 11.1 Å². The fraction of sp³-hybridized carbons (Fsp3) is 0.148. The Hall–Kier alpha value is -3.11. The van der Waals surface area contributed by atoms with Gasteiger partial charge < -0.3 is 5.32 Å². The van der Waals surface area contributed by atoms with Crippen molar-refractivity contribution in [3.05, 3.63) is 107 Å². The second-order valence-corrected chi connectivity index (χ2v) is 9.14. The minimum atomic E-state index is -0.174. The van der Waals surface area contributed by atoms with E-state index in [1.165, 1.54) is 28.3 Å². The van der Waals surface area contributed by atoms with Gasteiger partial charge in [-0.1, -0.05) is 60.7 Å². The first-order valence-corrected chi connectivity index (χ1v) is 11.4. The van der Waals surface area contributed by atoms with Crippen LogP contribution < -0.4 is 5.32 Å². The van der Waals surface area contributed by atoms with Crippen LogP contribution in [0.1, 0.15) is 17.5 Å². The number of nitrogens with one attached hydrogen (secondary N) is 1. The Kier molecular flexibility index (Phi) is 5.47. The number of amides is 1. The van der Waals surface area contributed by atoms with E-state index in [1.807, 2.05) is 12.1 Å². The molecule has 1 aliphatic heterocycles. The second-order valence-electron chi connectivity index (χ2n) is 7.89. The van der Waals surface area contributed by atoms with Gasteiger partial charge in [-0.15, -0.1) is 11.8 Å². The molecular formula is C27H22FNOS. The van der Waals surface area contributed by atoms with E-state index in [0.29, 0.717) is 5.57 Å². The summed E-state index contributed by atoms with van der Waals surface area (Å²) < 4.78 is 13.7. The highest BCUT2D eigenvalue weighted by Crippen LogP contribution is 2.42. The molecule has 1 N–H and O–H groups in total. The minimum absolute atomic E-state index is 0.131. The van der Waals surface area contributed by atoms with Crippen LogP contribution in [0.5, 0.6) is 0 Å². The number of rotatable bonds is 4. The normalized spacial score (nSPS) is 17.6. The van der Waals surface area contributed by atoms with Crippen molar-refractivity contribution in [3.8, 4) is 11.1 Å². The summed E-state index contributed by atoms with van der Waals surface area (Å²) in [6.07, 6.45) is 5.09. The number of hydrogen-bond donors (Lipinski definition) is 1. The number of halogens is 1. The van der Waals surface area contributed by atoms with Crippen LogP contribution in [0, 0.1) is 0 Å². The fourth-order valence-electron chi connectivity index (χ4n) is 4.03. The van der Waals surface area contributed by atoms with Gasteiger partial charge in [0.15, 0.2) is 0 Å². The molecule has 3 aromatic rings. The summed E-state index contributed by atoms with van der Waals surface area (Å²) in [6.45, 7) is 0. The van der Waals surface area contributed by atoms with E-state index in [9.17, 15) is 9.18 Å². The molecule has 1 heterocycles. The third kappa shape index (κ3) is 4.35. The summed E-state index contributed by atoms with van der Waals surface area (Å²) in [5.74, 6) is -0.305. The van der Waals surface area contributed by atoms with Crippen molar-refractivity contribution in [1.29, 1.82) is 0 Å². The van der Waals surface area contributed by atoms with E-state index in [4.69, 9.17) is 0 Å². The summed E-state index contributed by atoms with van der Waals surface area (Å²) in [5, 5.41) is 2.85. The highest BCUT2D eigenvalue weighted by Gasteiger charge is 2.30. The van der Waals surface area contributed by atoms with E-state index in [0.717, 1.165) is 23.4 Å². The van der Waals surface area contributed by atoms with E-state index in [2.05, 4.69) is 66.0 Å². The van der Waals surface area contributed by atoms with Crippen molar-refractivity contribution in [2.75, 3.05) is 5.32 Å². The quantitative estimate of drug-likeness (QED) is 0.500. The van der Waals surface area contributed by atoms with Gasteiger partial charge in [0.2, 0.25) is 0 Å². The molecule has 154 valence electrons. The Morgan fingerprint density at radius 1 is 0.871 bits per heavy atom. The third-order valence-corrected chi connectivity index (χ3v) is 7.07. The molecular weight excluding hydrogens is 405 g/mol. The van der Waals surface area contributed by atoms with E-state index in [1.54, 1.807) is 17.8 Å². The van der Waals surface area contributed by atoms with Crippen LogP contribution in [0.3, 0.4) is 0 Å². The average molecular weight is 428 g/mol. The molecule has 2 aliphatic rings. The molecule has 0 bridgehead atoms. The van der Waals surface area contributed by atoms with Gasteiger partial charge in [0.05, 0.1) is 5.69 Å². The van der Waals surface area contributed by atoms with Crippen LogP contribution >= 0.6 is 11.8 Å². The van der Waals surface area contributed by atoms with Crippen molar-refractivity contribution in [2.24, 2.45) is 0 Å². The molecule has 1 atom stereocenters. The summed E-state index contributed by atoms with van der Waals surface area (Å²) in [6, 6.07) is 25.3. The van der Waals surface area contributed by atoms with Gasteiger partial charge in [0.25, 0.3) is 5.91 Å². The lowest BCUT2D eigenvalue weighted by molar-refractivity contribution is -0.112. The first-order chi connectivity index (χ1) is 15.2. The van der Waals surface area contributed by atoms with Gasteiger partial charge in [0, 0.05) is 22.1 Å². The Labute approximate surface area is 185 Å². The van der Waals surface area contributed by atoms with Gasteiger partial charge in [-0.3, -0.25) is 4.79 Å². The molecule has 0 radical (unpaired) electrons. The third-order valence-electron chi connectivity index (χ3n) is 5.76. The van der Waals surface area contributed by atoms with Crippen molar-refractivity contribution in [2.45, 2.75) is 29.4 Å². The smallest absolute Gasteiger partial charge is 0.252 e. The van der Waals surface area contributed by atoms with Crippen LogP contribution in [0.2, 0.25) is 0 Å². The standard InChI is InChI=1S/C27H22FNOS/c28-22-13-14-23-26(17-22)31-25-15-10-19(16-24(25)29-27(23)30)7-6-18-8-11-21(12-9-18)20-4-2-1-3-5-20/h1-5,8-16,26H,6-7,17H2,(H,29,30). The number of fused-ring (bicyclic) bond motifs is 2. The molecule has 1 unspecified atom stereocenters. The number of carbonyl (C=O) groups excluding carboxylic acids is 1. The lowest BCUT2D eigenvalue weighted by Gasteiger charge is -2.17. The summed E-state index contributed by atoms with van der Waals surface area (Å²) in [4.78, 5) is 13.6. The largest absolute Gasteiger partial charge is 0.321 e. The molecule has 0 fully saturated rings. The topological polar surface area (TPSA) is 29.1 Å². The maximum Gasteiger partial charge on any atom is 0.252 e. The molecule has 0 saturated carbocycles. The van der Waals surface area contributed by atoms with Crippen LogP contribution in [0.15, 0.2) is 101 Å². The fourth-order valence-corrected chi connectivity index (χ4v) is 5.28. The molecule has 1 amide bonds. The van der Waals surface area contributed by atoms with Gasteiger partial charge in [-0.2, -0.15) is 0 Å². The van der Waals surface area contributed by atoms with Gasteiger partial charge in [-0.05, 0) is 59.4 Å². The molecule has 0 saturated heterocycles. The molecule has 4 heteroatoms. The predicted molar refractivity (Wildman–Crippen MR) is 126 cm³/mol. The number of allylic oxidation sites excluding steroid dienone is 3. The average Bonchev–Trinajstić information content (AvgIpc) is 2.93. The van der Waals surface area contributed by atoms with E-state index < -0.39 is 0 Å². The maximum atomic E-state index is 13.7. The highest BCUT2D eigenvalue weighted by molar-refractivity contribution is 8.00. The Bertz CT molecular complexity index is 1180. The highest BCUT2D eigenvalue weighted by atomic mass is 32.2. The summed E-state index contributed by atoms with van der Waals surface area (Å²) in [7, 11) is 0. The van der Waals surface area contributed by atoms with Crippen LogP contribution in [0.4, 0.5) is 10.1 Å². The number of carbonyl (C=O) groups is 1. The minimum Gasteiger partial charge on any atom is -0.321 e. The molecule has 3 aromatic carbocycles. The lowest BCUT2D eigenvalue weighted by atomic mass is 10.00. The van der Waals surface area contributed by atoms with Crippen molar-refractivity contribution < 1.29 is 9.18 Å². The first-order valence-electron chi connectivity index (χ1n) is 10.5. The number of aryl methyl sites for hydroxylation is 2. The first kappa shape index (κ1) is 19.8. The Balaban J connectivity index is 1.28. The molecule has 31 heavy (non-hydrogen) atoms. The van der Waals surface area contributed by atoms with E-state index in [-0.39, 0.29) is 23.4 Å². The maximum absolute atomic E-state index is 13.7. The zero-order chi connectivity index (χ0) is 21.2. The Morgan fingerprint density at radius 3 is 2.39 bits per heavy atom. The molecule has 0 aromatic heterocycles. The SMILES string of the molecule is O=C1Nc2cc(CCc3ccc(-c4ccccc4)cc3)ccc2SC2CC(F)=CC=C12. The monoisotopic (exact) mass is 427 g/mol. The van der Waals surface area contributed by atoms with Crippen molar-refractivity contribution in [3.63, 3.8) is 0 Å². The van der Waals surface area contributed by atoms with Crippen LogP contribution in [-0.4, -0.2) is 11.2 Å². The number of benzene rings is 3. The molecule has 2 nitrogen and oxygen atoms in total. The molecule has 1 aliphatic carbocycles. The van der Waals surface area contributed by atoms with Crippen LogP contribution in [-0.2, 0) is 17.6 Å². The van der Waals surface area contributed by atoms with Crippen molar-refractivity contribution >= 4 is 23.4 Å². The van der Waals surface area contributed by atoms with Gasteiger partial charge in [-0.25, -0.2) is 4.39 Å².